The number of hydrogen-bond acceptors (Lipinski definition) is 6. The number of fused-ring (bicyclic) bond motifs is 1. The Labute approximate surface area is 220 Å². The molecule has 2 heterocycles. The van der Waals surface area contributed by atoms with Crippen molar-refractivity contribution in [2.75, 3.05) is 45.3 Å². The molecule has 0 aromatic heterocycles. The van der Waals surface area contributed by atoms with Gasteiger partial charge in [0.15, 0.2) is 11.5 Å². The minimum atomic E-state index is -0.366. The van der Waals surface area contributed by atoms with E-state index in [1.165, 1.54) is 31.3 Å². The van der Waals surface area contributed by atoms with Crippen LogP contribution in [-0.4, -0.2) is 67.9 Å². The maximum Gasteiger partial charge on any atom is 0.263 e. The first kappa shape index (κ1) is 25.3. The van der Waals surface area contributed by atoms with E-state index < -0.39 is 0 Å². The summed E-state index contributed by atoms with van der Waals surface area (Å²) in [6, 6.07) is 16.7. The minimum Gasteiger partial charge on any atom is -0.493 e. The van der Waals surface area contributed by atoms with E-state index in [2.05, 4.69) is 0 Å². The molecule has 0 aliphatic carbocycles. The van der Waals surface area contributed by atoms with Gasteiger partial charge in [0, 0.05) is 31.7 Å². The lowest BCUT2D eigenvalue weighted by atomic mass is 10.1. The molecular formula is C29H28FN3O5. The molecule has 3 amide bonds. The molecule has 3 aromatic rings. The number of anilines is 1. The smallest absolute Gasteiger partial charge is 0.263 e. The summed E-state index contributed by atoms with van der Waals surface area (Å²) in [5, 5.41) is 0. The van der Waals surface area contributed by atoms with Gasteiger partial charge < -0.3 is 19.3 Å². The average Bonchev–Trinajstić information content (AvgIpc) is 3.17. The summed E-state index contributed by atoms with van der Waals surface area (Å²) in [6.07, 6.45) is 0.133. The predicted molar refractivity (Wildman–Crippen MR) is 139 cm³/mol. The second kappa shape index (κ2) is 10.5. The van der Waals surface area contributed by atoms with Crippen LogP contribution in [0.4, 0.5) is 10.1 Å². The molecule has 1 saturated heterocycles. The van der Waals surface area contributed by atoms with Gasteiger partial charge in [0.2, 0.25) is 5.91 Å². The number of piperazine rings is 1. The topological polar surface area (TPSA) is 79.4 Å². The number of amides is 3. The van der Waals surface area contributed by atoms with Crippen LogP contribution in [-0.2, 0) is 17.8 Å². The molecule has 196 valence electrons. The van der Waals surface area contributed by atoms with Gasteiger partial charge in [-0.25, -0.2) is 4.39 Å². The lowest BCUT2D eigenvalue weighted by Gasteiger charge is -2.36. The Morgan fingerprint density at radius 2 is 1.63 bits per heavy atom. The average molecular weight is 518 g/mol. The Hall–Kier alpha value is -4.40. The number of carbonyl (C=O) groups excluding carboxylic acids is 3. The van der Waals surface area contributed by atoms with Crippen molar-refractivity contribution in [1.82, 2.24) is 9.80 Å². The number of methoxy groups -OCH3 is 2. The summed E-state index contributed by atoms with van der Waals surface area (Å²) in [6.45, 7) is 2.00. The fraction of sp³-hybridized carbons (Fsp3) is 0.276. The van der Waals surface area contributed by atoms with Crippen molar-refractivity contribution in [2.24, 2.45) is 0 Å². The van der Waals surface area contributed by atoms with Crippen LogP contribution >= 0.6 is 0 Å². The summed E-state index contributed by atoms with van der Waals surface area (Å²) in [5.41, 5.74) is 2.71. The number of halogens is 1. The fourth-order valence-electron chi connectivity index (χ4n) is 5.10. The number of rotatable bonds is 7. The maximum atomic E-state index is 13.5. The van der Waals surface area contributed by atoms with Crippen LogP contribution in [0, 0.1) is 5.82 Å². The van der Waals surface area contributed by atoms with E-state index in [-0.39, 0.29) is 36.5 Å². The van der Waals surface area contributed by atoms with Crippen molar-refractivity contribution in [2.45, 2.75) is 13.0 Å². The zero-order valence-corrected chi connectivity index (χ0v) is 21.3. The highest BCUT2D eigenvalue weighted by Gasteiger charge is 2.39. The van der Waals surface area contributed by atoms with Gasteiger partial charge in [0.25, 0.3) is 11.8 Å². The molecule has 0 saturated carbocycles. The standard InChI is InChI=1S/C29H28FN3O5/c1-37-24-11-4-7-20(27(24)38-2)18-33-28(35)22-9-5-10-23(26(22)29(33)36)31-12-14-32(15-13-31)25(34)17-19-6-3-8-21(30)16-19/h3-11,16H,12-15,17-18H2,1-2H3. The van der Waals surface area contributed by atoms with Crippen LogP contribution in [0.25, 0.3) is 0 Å². The van der Waals surface area contributed by atoms with Crippen LogP contribution in [0.2, 0.25) is 0 Å². The molecular weight excluding hydrogens is 489 g/mol. The number of ether oxygens (including phenoxy) is 2. The van der Waals surface area contributed by atoms with E-state index in [1.54, 1.807) is 47.4 Å². The molecule has 9 heteroatoms. The summed E-state index contributed by atoms with van der Waals surface area (Å²) in [4.78, 5) is 44.6. The molecule has 0 atom stereocenters. The quantitative estimate of drug-likeness (QED) is 0.446. The predicted octanol–water partition coefficient (Wildman–Crippen LogP) is 3.53. The van der Waals surface area contributed by atoms with Crippen LogP contribution in [0.3, 0.4) is 0 Å². The summed E-state index contributed by atoms with van der Waals surface area (Å²) >= 11 is 0. The van der Waals surface area contributed by atoms with Crippen LogP contribution in [0.1, 0.15) is 31.8 Å². The molecule has 2 aliphatic heterocycles. The number of para-hydroxylation sites is 1. The van der Waals surface area contributed by atoms with Crippen molar-refractivity contribution >= 4 is 23.4 Å². The third kappa shape index (κ3) is 4.67. The van der Waals surface area contributed by atoms with E-state index in [0.29, 0.717) is 65.6 Å². The first-order chi connectivity index (χ1) is 18.4. The number of hydrogen-bond donors (Lipinski definition) is 0. The van der Waals surface area contributed by atoms with Crippen molar-refractivity contribution in [3.63, 3.8) is 0 Å². The number of benzene rings is 3. The largest absolute Gasteiger partial charge is 0.493 e. The Balaban J connectivity index is 1.31. The molecule has 5 rings (SSSR count). The number of carbonyl (C=O) groups is 3. The minimum absolute atomic E-state index is 0.0501. The molecule has 38 heavy (non-hydrogen) atoms. The lowest BCUT2D eigenvalue weighted by molar-refractivity contribution is -0.130. The first-order valence-corrected chi connectivity index (χ1v) is 12.4. The van der Waals surface area contributed by atoms with Gasteiger partial charge in [-0.2, -0.15) is 0 Å². The van der Waals surface area contributed by atoms with E-state index in [4.69, 9.17) is 9.47 Å². The van der Waals surface area contributed by atoms with Gasteiger partial charge in [-0.15, -0.1) is 0 Å². The van der Waals surface area contributed by atoms with Crippen molar-refractivity contribution in [3.8, 4) is 11.5 Å². The van der Waals surface area contributed by atoms with Gasteiger partial charge in [-0.3, -0.25) is 19.3 Å². The Kier molecular flexibility index (Phi) is 7.00. The molecule has 1 fully saturated rings. The van der Waals surface area contributed by atoms with Crippen LogP contribution < -0.4 is 14.4 Å². The maximum absolute atomic E-state index is 13.5. The third-order valence-corrected chi connectivity index (χ3v) is 7.01. The van der Waals surface area contributed by atoms with Gasteiger partial charge >= 0.3 is 0 Å². The summed E-state index contributed by atoms with van der Waals surface area (Å²) in [7, 11) is 3.05. The molecule has 0 unspecified atom stereocenters. The first-order valence-electron chi connectivity index (χ1n) is 12.4. The van der Waals surface area contributed by atoms with Crippen molar-refractivity contribution in [1.29, 1.82) is 0 Å². The Morgan fingerprint density at radius 3 is 2.34 bits per heavy atom. The van der Waals surface area contributed by atoms with Gasteiger partial charge in [0.05, 0.1) is 44.0 Å². The highest BCUT2D eigenvalue weighted by molar-refractivity contribution is 6.23. The van der Waals surface area contributed by atoms with Crippen molar-refractivity contribution < 1.29 is 28.2 Å². The number of nitrogens with zero attached hydrogens (tertiary/aromatic N) is 3. The Bertz CT molecular complexity index is 1400. The molecule has 2 aliphatic rings. The van der Waals surface area contributed by atoms with E-state index in [0.717, 1.165) is 0 Å². The van der Waals surface area contributed by atoms with Gasteiger partial charge in [-0.1, -0.05) is 30.3 Å². The van der Waals surface area contributed by atoms with Crippen LogP contribution in [0.15, 0.2) is 60.7 Å². The molecule has 8 nitrogen and oxygen atoms in total. The highest BCUT2D eigenvalue weighted by Crippen LogP contribution is 2.36. The zero-order valence-electron chi connectivity index (χ0n) is 21.3. The second-order valence-corrected chi connectivity index (χ2v) is 9.22. The Morgan fingerprint density at radius 1 is 0.895 bits per heavy atom. The summed E-state index contributed by atoms with van der Waals surface area (Å²) < 4.78 is 24.3. The highest BCUT2D eigenvalue weighted by atomic mass is 19.1. The second-order valence-electron chi connectivity index (χ2n) is 9.22. The van der Waals surface area contributed by atoms with Gasteiger partial charge in [-0.05, 0) is 35.9 Å². The monoisotopic (exact) mass is 517 g/mol. The molecule has 0 N–H and O–H groups in total. The SMILES string of the molecule is COc1cccc(CN2C(=O)c3cccc(N4CCN(C(=O)Cc5cccc(F)c5)CC4)c3C2=O)c1OC. The normalized spacial score (nSPS) is 15.1. The van der Waals surface area contributed by atoms with Crippen LogP contribution in [0.5, 0.6) is 11.5 Å². The molecule has 0 radical (unpaired) electrons. The third-order valence-electron chi connectivity index (χ3n) is 7.01. The van der Waals surface area contributed by atoms with Gasteiger partial charge in [0.1, 0.15) is 5.82 Å². The van der Waals surface area contributed by atoms with Crippen molar-refractivity contribution in [3.05, 3.63) is 88.7 Å². The zero-order chi connectivity index (χ0) is 26.8. The van der Waals surface area contributed by atoms with E-state index in [9.17, 15) is 18.8 Å². The van der Waals surface area contributed by atoms with E-state index in [1.807, 2.05) is 11.0 Å². The number of imide groups is 1. The lowest BCUT2D eigenvalue weighted by Crippen LogP contribution is -2.49. The fourth-order valence-corrected chi connectivity index (χ4v) is 5.10. The molecule has 3 aromatic carbocycles. The molecule has 0 bridgehead atoms. The van der Waals surface area contributed by atoms with E-state index >= 15 is 0 Å². The summed E-state index contributed by atoms with van der Waals surface area (Å²) in [5.74, 6) is -0.164. The molecule has 0 spiro atoms.